The fourth-order valence-corrected chi connectivity index (χ4v) is 4.03. The van der Waals surface area contributed by atoms with Crippen LogP contribution < -0.4 is 10.6 Å². The molecular weight excluding hydrogens is 371 g/mol. The molecule has 2 aliphatic rings. The monoisotopic (exact) mass is 394 g/mol. The molecule has 0 bridgehead atoms. The van der Waals surface area contributed by atoms with Gasteiger partial charge in [0.15, 0.2) is 0 Å². The van der Waals surface area contributed by atoms with Crippen LogP contribution in [0.3, 0.4) is 0 Å². The molecule has 7 nitrogen and oxygen atoms in total. The Kier molecular flexibility index (Phi) is 6.54. The largest absolute Gasteiger partial charge is 0.342 e. The van der Waals surface area contributed by atoms with Gasteiger partial charge in [-0.25, -0.2) is 9.18 Å². The van der Waals surface area contributed by atoms with Crippen LogP contribution in [-0.4, -0.2) is 65.0 Å². The van der Waals surface area contributed by atoms with E-state index in [9.17, 15) is 18.8 Å². The number of urea groups is 1. The molecule has 4 amide bonds. The third-order valence-corrected chi connectivity index (χ3v) is 5.62. The van der Waals surface area contributed by atoms with Gasteiger partial charge in [0.2, 0.25) is 5.91 Å². The molecule has 27 heavy (non-hydrogen) atoms. The number of halogens is 1. The van der Waals surface area contributed by atoms with Gasteiger partial charge in [-0.1, -0.05) is 11.8 Å². The van der Waals surface area contributed by atoms with E-state index in [-0.39, 0.29) is 29.0 Å². The lowest BCUT2D eigenvalue weighted by Crippen LogP contribution is -2.48. The zero-order valence-electron chi connectivity index (χ0n) is 14.9. The van der Waals surface area contributed by atoms with Crippen molar-refractivity contribution in [3.63, 3.8) is 0 Å². The van der Waals surface area contributed by atoms with Gasteiger partial charge >= 0.3 is 6.03 Å². The van der Waals surface area contributed by atoms with Gasteiger partial charge in [0.25, 0.3) is 5.24 Å². The van der Waals surface area contributed by atoms with Crippen LogP contribution in [0, 0.1) is 5.82 Å². The number of thioether (sulfide) groups is 1. The first-order chi connectivity index (χ1) is 13.0. The van der Waals surface area contributed by atoms with E-state index >= 15 is 0 Å². The lowest BCUT2D eigenvalue weighted by atomic mass is 10.0. The molecule has 2 saturated heterocycles. The number of rotatable bonds is 5. The highest BCUT2D eigenvalue weighted by Gasteiger charge is 2.26. The number of nitrogens with one attached hydrogen (secondary N) is 2. The number of likely N-dealkylation sites (tertiary alicyclic amines) is 1. The number of anilines is 1. The van der Waals surface area contributed by atoms with Crippen LogP contribution in [0.25, 0.3) is 0 Å². The van der Waals surface area contributed by atoms with Gasteiger partial charge < -0.3 is 20.4 Å². The summed E-state index contributed by atoms with van der Waals surface area (Å²) in [5.74, 6) is 0.490. The molecule has 1 aromatic rings. The fraction of sp³-hybridized carbons (Fsp3) is 0.500. The first kappa shape index (κ1) is 19.5. The molecule has 9 heteroatoms. The van der Waals surface area contributed by atoms with E-state index in [2.05, 4.69) is 10.6 Å². The number of benzene rings is 1. The Labute approximate surface area is 161 Å². The summed E-state index contributed by atoms with van der Waals surface area (Å²) in [6.07, 6.45) is 1.71. The number of amides is 4. The molecule has 2 N–H and O–H groups in total. The average molecular weight is 394 g/mol. The van der Waals surface area contributed by atoms with Crippen LogP contribution in [0.15, 0.2) is 24.3 Å². The maximum absolute atomic E-state index is 12.9. The highest BCUT2D eigenvalue weighted by Crippen LogP contribution is 2.18. The standard InChI is InChI=1S/C18H23FN4O3S/c19-13-1-3-14(4-2-13)20-17(25)21-15-5-8-22(9-6-15)16(24)7-10-23-11-12-27-18(23)26/h1-4,15H,5-12H2,(H2,20,21,25). The van der Waals surface area contributed by atoms with Crippen LogP contribution >= 0.6 is 11.8 Å². The number of carbonyl (C=O) groups excluding carboxylic acids is 3. The van der Waals surface area contributed by atoms with E-state index in [1.807, 2.05) is 0 Å². The third kappa shape index (κ3) is 5.59. The predicted octanol–water partition coefficient (Wildman–Crippen LogP) is 2.50. The van der Waals surface area contributed by atoms with Gasteiger partial charge in [0.1, 0.15) is 5.82 Å². The molecule has 1 aromatic carbocycles. The topological polar surface area (TPSA) is 81.8 Å². The van der Waals surface area contributed by atoms with Crippen LogP contribution in [0.1, 0.15) is 19.3 Å². The van der Waals surface area contributed by atoms with E-state index < -0.39 is 0 Å². The Hall–Kier alpha value is -2.29. The van der Waals surface area contributed by atoms with E-state index in [1.165, 1.54) is 36.0 Å². The minimum absolute atomic E-state index is 0.00828. The van der Waals surface area contributed by atoms with E-state index in [0.717, 1.165) is 5.75 Å². The molecule has 146 valence electrons. The summed E-state index contributed by atoms with van der Waals surface area (Å²) >= 11 is 1.30. The van der Waals surface area contributed by atoms with Crippen molar-refractivity contribution in [3.05, 3.63) is 30.1 Å². The minimum Gasteiger partial charge on any atom is -0.342 e. The number of hydrogen-bond donors (Lipinski definition) is 2. The van der Waals surface area contributed by atoms with Gasteiger partial charge in [0, 0.05) is 50.1 Å². The molecular formula is C18H23FN4O3S. The molecule has 0 saturated carbocycles. The summed E-state index contributed by atoms with van der Waals surface area (Å²) in [5, 5.41) is 5.61. The first-order valence-electron chi connectivity index (χ1n) is 9.04. The summed E-state index contributed by atoms with van der Waals surface area (Å²) in [6.45, 7) is 2.36. The zero-order chi connectivity index (χ0) is 19.2. The van der Waals surface area contributed by atoms with Crippen molar-refractivity contribution in [2.75, 3.05) is 37.2 Å². The number of nitrogens with zero attached hydrogens (tertiary/aromatic N) is 2. The van der Waals surface area contributed by atoms with Crippen molar-refractivity contribution in [2.24, 2.45) is 0 Å². The van der Waals surface area contributed by atoms with Gasteiger partial charge in [-0.2, -0.15) is 0 Å². The molecule has 2 heterocycles. The molecule has 0 spiro atoms. The Balaban J connectivity index is 1.36. The summed E-state index contributed by atoms with van der Waals surface area (Å²) < 4.78 is 12.9. The van der Waals surface area contributed by atoms with Gasteiger partial charge in [-0.05, 0) is 37.1 Å². The van der Waals surface area contributed by atoms with E-state index in [1.54, 1.807) is 9.80 Å². The van der Waals surface area contributed by atoms with Crippen LogP contribution in [0.2, 0.25) is 0 Å². The summed E-state index contributed by atoms with van der Waals surface area (Å²) in [5.41, 5.74) is 0.524. The summed E-state index contributed by atoms with van der Waals surface area (Å²) in [6, 6.07) is 5.23. The molecule has 0 radical (unpaired) electrons. The lowest BCUT2D eigenvalue weighted by Gasteiger charge is -2.32. The van der Waals surface area contributed by atoms with E-state index in [4.69, 9.17) is 0 Å². The van der Waals surface area contributed by atoms with Gasteiger partial charge in [-0.15, -0.1) is 0 Å². The van der Waals surface area contributed by atoms with Crippen molar-refractivity contribution in [1.82, 2.24) is 15.1 Å². The van der Waals surface area contributed by atoms with Gasteiger partial charge in [0.05, 0.1) is 0 Å². The minimum atomic E-state index is -0.356. The average Bonchev–Trinajstić information content (AvgIpc) is 3.07. The predicted molar refractivity (Wildman–Crippen MR) is 102 cm³/mol. The maximum Gasteiger partial charge on any atom is 0.319 e. The number of piperidine rings is 1. The zero-order valence-corrected chi connectivity index (χ0v) is 15.8. The highest BCUT2D eigenvalue weighted by atomic mass is 32.2. The van der Waals surface area contributed by atoms with Crippen molar-refractivity contribution in [3.8, 4) is 0 Å². The smallest absolute Gasteiger partial charge is 0.319 e. The van der Waals surface area contributed by atoms with Crippen LogP contribution in [0.5, 0.6) is 0 Å². The van der Waals surface area contributed by atoms with Crippen LogP contribution in [-0.2, 0) is 4.79 Å². The third-order valence-electron chi connectivity index (χ3n) is 4.73. The molecule has 2 aliphatic heterocycles. The summed E-state index contributed by atoms with van der Waals surface area (Å²) in [7, 11) is 0. The highest BCUT2D eigenvalue weighted by molar-refractivity contribution is 8.13. The Morgan fingerprint density at radius 3 is 2.48 bits per heavy atom. The van der Waals surface area contributed by atoms with Crippen molar-refractivity contribution < 1.29 is 18.8 Å². The molecule has 2 fully saturated rings. The number of carbonyl (C=O) groups is 3. The first-order valence-corrected chi connectivity index (χ1v) is 10.0. The lowest BCUT2D eigenvalue weighted by molar-refractivity contribution is -0.132. The molecule has 3 rings (SSSR count). The van der Waals surface area contributed by atoms with Crippen molar-refractivity contribution in [2.45, 2.75) is 25.3 Å². The maximum atomic E-state index is 12.9. The normalized spacial score (nSPS) is 17.9. The SMILES string of the molecule is O=C(Nc1ccc(F)cc1)NC1CCN(C(=O)CCN2CCSC2=O)CC1. The second-order valence-corrected chi connectivity index (χ2v) is 7.66. The molecule has 0 aromatic heterocycles. The Morgan fingerprint density at radius 2 is 1.85 bits per heavy atom. The fourth-order valence-electron chi connectivity index (χ4n) is 3.18. The second-order valence-electron chi connectivity index (χ2n) is 6.61. The summed E-state index contributed by atoms with van der Waals surface area (Å²) in [4.78, 5) is 39.4. The van der Waals surface area contributed by atoms with Crippen LogP contribution in [0.4, 0.5) is 19.7 Å². The number of hydrogen-bond acceptors (Lipinski definition) is 4. The van der Waals surface area contributed by atoms with Crippen molar-refractivity contribution in [1.29, 1.82) is 0 Å². The molecule has 0 unspecified atom stereocenters. The Bertz CT molecular complexity index is 692. The quantitative estimate of drug-likeness (QED) is 0.804. The molecule has 0 atom stereocenters. The van der Waals surface area contributed by atoms with Crippen molar-refractivity contribution >= 4 is 34.6 Å². The Morgan fingerprint density at radius 1 is 1.15 bits per heavy atom. The molecule has 0 aliphatic carbocycles. The van der Waals surface area contributed by atoms with Gasteiger partial charge in [-0.3, -0.25) is 9.59 Å². The second kappa shape index (κ2) is 9.07. The van der Waals surface area contributed by atoms with E-state index in [0.29, 0.717) is 51.1 Å².